The highest BCUT2D eigenvalue weighted by molar-refractivity contribution is 6.28. The molecule has 1 atom stereocenters. The lowest BCUT2D eigenvalue weighted by Gasteiger charge is -2.19. The van der Waals surface area contributed by atoms with Crippen molar-refractivity contribution in [3.63, 3.8) is 0 Å². The quantitative estimate of drug-likeness (QED) is 0.492. The van der Waals surface area contributed by atoms with Crippen LogP contribution >= 0.6 is 0 Å². The van der Waals surface area contributed by atoms with E-state index in [0.29, 0.717) is 27.9 Å². The van der Waals surface area contributed by atoms with Crippen molar-refractivity contribution in [2.24, 2.45) is 0 Å². The lowest BCUT2D eigenvalue weighted by molar-refractivity contribution is -0.123. The Kier molecular flexibility index (Phi) is 5.45. The Labute approximate surface area is 185 Å². The van der Waals surface area contributed by atoms with Crippen molar-refractivity contribution in [2.45, 2.75) is 26.9 Å². The van der Waals surface area contributed by atoms with E-state index in [4.69, 9.17) is 4.74 Å². The van der Waals surface area contributed by atoms with Gasteiger partial charge in [-0.15, -0.1) is 0 Å². The van der Waals surface area contributed by atoms with Crippen molar-refractivity contribution >= 4 is 29.1 Å². The van der Waals surface area contributed by atoms with Gasteiger partial charge in [0.25, 0.3) is 5.91 Å². The molecule has 0 saturated carbocycles. The average molecular weight is 427 g/mol. The largest absolute Gasteiger partial charge is 0.449 e. The van der Waals surface area contributed by atoms with Crippen molar-refractivity contribution in [1.82, 2.24) is 0 Å². The van der Waals surface area contributed by atoms with Gasteiger partial charge < -0.3 is 10.1 Å². The van der Waals surface area contributed by atoms with E-state index in [2.05, 4.69) is 5.32 Å². The number of hydrogen-bond acceptors (Lipinski definition) is 5. The first-order valence-corrected chi connectivity index (χ1v) is 10.2. The van der Waals surface area contributed by atoms with Gasteiger partial charge in [-0.2, -0.15) is 0 Å². The molecule has 6 heteroatoms. The number of nitrogens with one attached hydrogen (secondary N) is 1. The predicted octanol–water partition coefficient (Wildman–Crippen LogP) is 4.26. The second-order valence-electron chi connectivity index (χ2n) is 7.82. The second kappa shape index (κ2) is 8.23. The maximum Gasteiger partial charge on any atom is 0.339 e. The van der Waals surface area contributed by atoms with E-state index in [1.807, 2.05) is 19.1 Å². The van der Waals surface area contributed by atoms with Gasteiger partial charge in [0.2, 0.25) is 0 Å². The van der Waals surface area contributed by atoms with Gasteiger partial charge >= 0.3 is 5.97 Å². The minimum atomic E-state index is -1.06. The zero-order chi connectivity index (χ0) is 23.0. The van der Waals surface area contributed by atoms with Gasteiger partial charge in [-0.1, -0.05) is 42.0 Å². The van der Waals surface area contributed by atoms with E-state index in [9.17, 15) is 19.2 Å². The number of fused-ring (bicyclic) bond motifs is 2. The molecule has 1 unspecified atom stereocenters. The van der Waals surface area contributed by atoms with Crippen LogP contribution in [-0.4, -0.2) is 29.5 Å². The normalized spacial score (nSPS) is 13.1. The average Bonchev–Trinajstić information content (AvgIpc) is 2.78. The Morgan fingerprint density at radius 1 is 0.812 bits per heavy atom. The SMILES string of the molecule is Cc1ccc(C)c(C(=O)OC(C)C(=O)Nc2ccc3c(c2)C(=O)c2ccccc2C3=O)c1. The summed E-state index contributed by atoms with van der Waals surface area (Å²) in [6.45, 7) is 5.14. The minimum absolute atomic E-state index is 0.228. The third kappa shape index (κ3) is 3.83. The number of anilines is 1. The Balaban J connectivity index is 1.50. The number of carbonyl (C=O) groups excluding carboxylic acids is 4. The Morgan fingerprint density at radius 2 is 1.44 bits per heavy atom. The molecular weight excluding hydrogens is 406 g/mol. The third-order valence-electron chi connectivity index (χ3n) is 5.46. The Bertz CT molecular complexity index is 1290. The number of hydrogen-bond donors (Lipinski definition) is 1. The van der Waals surface area contributed by atoms with E-state index >= 15 is 0 Å². The van der Waals surface area contributed by atoms with Gasteiger partial charge in [0.15, 0.2) is 17.7 Å². The Hall–Kier alpha value is -4.06. The van der Waals surface area contributed by atoms with Crippen LogP contribution in [0.3, 0.4) is 0 Å². The first kappa shape index (κ1) is 21.2. The van der Waals surface area contributed by atoms with Crippen LogP contribution in [-0.2, 0) is 9.53 Å². The number of rotatable bonds is 4. The molecule has 3 aromatic rings. The summed E-state index contributed by atoms with van der Waals surface area (Å²) in [5.74, 6) is -1.64. The summed E-state index contributed by atoms with van der Waals surface area (Å²) in [7, 11) is 0. The van der Waals surface area contributed by atoms with Crippen molar-refractivity contribution in [1.29, 1.82) is 0 Å². The fourth-order valence-electron chi connectivity index (χ4n) is 3.65. The molecule has 0 aliphatic heterocycles. The molecular formula is C26H21NO5. The molecule has 0 heterocycles. The maximum absolute atomic E-state index is 12.9. The fourth-order valence-corrected chi connectivity index (χ4v) is 3.65. The number of ketones is 2. The van der Waals surface area contributed by atoms with E-state index in [0.717, 1.165) is 11.1 Å². The number of carbonyl (C=O) groups is 4. The van der Waals surface area contributed by atoms with E-state index in [-0.39, 0.29) is 17.1 Å². The van der Waals surface area contributed by atoms with Gasteiger partial charge in [-0.25, -0.2) is 4.79 Å². The molecule has 160 valence electrons. The second-order valence-corrected chi connectivity index (χ2v) is 7.82. The first-order chi connectivity index (χ1) is 15.3. The van der Waals surface area contributed by atoms with Crippen molar-refractivity contribution in [3.8, 4) is 0 Å². The molecule has 0 radical (unpaired) electrons. The number of esters is 1. The molecule has 1 aliphatic rings. The maximum atomic E-state index is 12.9. The number of aryl methyl sites for hydroxylation is 2. The van der Waals surface area contributed by atoms with Gasteiger partial charge in [-0.3, -0.25) is 14.4 Å². The van der Waals surface area contributed by atoms with Crippen LogP contribution in [0.1, 0.15) is 60.3 Å². The molecule has 0 saturated heterocycles. The predicted molar refractivity (Wildman–Crippen MR) is 119 cm³/mol. The van der Waals surface area contributed by atoms with E-state index in [1.54, 1.807) is 43.3 Å². The lowest BCUT2D eigenvalue weighted by Crippen LogP contribution is -2.30. The molecule has 0 bridgehead atoms. The zero-order valence-electron chi connectivity index (χ0n) is 17.9. The summed E-state index contributed by atoms with van der Waals surface area (Å²) in [5, 5.41) is 2.65. The molecule has 32 heavy (non-hydrogen) atoms. The van der Waals surface area contributed by atoms with Crippen molar-refractivity contribution in [2.75, 3.05) is 5.32 Å². The summed E-state index contributed by atoms with van der Waals surface area (Å²) < 4.78 is 5.33. The number of ether oxygens (including phenoxy) is 1. The van der Waals surface area contributed by atoms with Crippen LogP contribution < -0.4 is 5.32 Å². The van der Waals surface area contributed by atoms with Crippen LogP contribution in [0.15, 0.2) is 60.7 Å². The minimum Gasteiger partial charge on any atom is -0.449 e. The molecule has 4 rings (SSSR count). The van der Waals surface area contributed by atoms with Crippen LogP contribution in [0.2, 0.25) is 0 Å². The topological polar surface area (TPSA) is 89.5 Å². The van der Waals surface area contributed by atoms with Gasteiger partial charge in [0.1, 0.15) is 0 Å². The zero-order valence-corrected chi connectivity index (χ0v) is 17.9. The molecule has 0 aromatic heterocycles. The van der Waals surface area contributed by atoms with Crippen LogP contribution in [0.4, 0.5) is 5.69 Å². The Morgan fingerprint density at radius 3 is 2.12 bits per heavy atom. The summed E-state index contributed by atoms with van der Waals surface area (Å²) in [4.78, 5) is 50.6. The summed E-state index contributed by atoms with van der Waals surface area (Å²) in [5.41, 5.74) is 3.64. The molecule has 0 fully saturated rings. The van der Waals surface area contributed by atoms with Crippen LogP contribution in [0, 0.1) is 13.8 Å². The third-order valence-corrected chi connectivity index (χ3v) is 5.46. The number of amides is 1. The fraction of sp³-hybridized carbons (Fsp3) is 0.154. The molecule has 1 amide bonds. The summed E-state index contributed by atoms with van der Waals surface area (Å²) >= 11 is 0. The van der Waals surface area contributed by atoms with Crippen molar-refractivity contribution in [3.05, 3.63) is 99.6 Å². The first-order valence-electron chi connectivity index (χ1n) is 10.2. The van der Waals surface area contributed by atoms with E-state index in [1.165, 1.54) is 19.1 Å². The van der Waals surface area contributed by atoms with Gasteiger partial charge in [0, 0.05) is 27.9 Å². The van der Waals surface area contributed by atoms with Gasteiger partial charge in [0.05, 0.1) is 5.56 Å². The molecule has 3 aromatic carbocycles. The number of benzene rings is 3. The van der Waals surface area contributed by atoms with Crippen molar-refractivity contribution < 1.29 is 23.9 Å². The molecule has 0 spiro atoms. The highest BCUT2D eigenvalue weighted by atomic mass is 16.5. The van der Waals surface area contributed by atoms with Crippen LogP contribution in [0.25, 0.3) is 0 Å². The molecule has 1 aliphatic carbocycles. The highest BCUT2D eigenvalue weighted by Crippen LogP contribution is 2.29. The molecule has 1 N–H and O–H groups in total. The highest BCUT2D eigenvalue weighted by Gasteiger charge is 2.30. The summed E-state index contributed by atoms with van der Waals surface area (Å²) in [6, 6.07) is 16.6. The smallest absolute Gasteiger partial charge is 0.339 e. The summed E-state index contributed by atoms with van der Waals surface area (Å²) in [6.07, 6.45) is -1.06. The molecule has 6 nitrogen and oxygen atoms in total. The standard InChI is InChI=1S/C26H21NO5/c1-14-8-9-15(2)21(12-14)26(31)32-16(3)25(30)27-17-10-11-20-22(13-17)24(29)19-7-5-4-6-18(19)23(20)28/h4-13,16H,1-3H3,(H,27,30). The van der Waals surface area contributed by atoms with E-state index < -0.39 is 18.0 Å². The van der Waals surface area contributed by atoms with Gasteiger partial charge in [-0.05, 0) is 50.6 Å². The monoisotopic (exact) mass is 427 g/mol. The van der Waals surface area contributed by atoms with Crippen LogP contribution in [0.5, 0.6) is 0 Å². The lowest BCUT2D eigenvalue weighted by atomic mass is 9.84.